The number of anilines is 1. The third-order valence-electron chi connectivity index (χ3n) is 3.17. The Morgan fingerprint density at radius 2 is 2.37 bits per heavy atom. The number of aromatic nitrogens is 1. The second-order valence-electron chi connectivity index (χ2n) is 4.66. The van der Waals surface area contributed by atoms with Crippen LogP contribution in [-0.4, -0.2) is 30.1 Å². The zero-order valence-electron chi connectivity index (χ0n) is 11.3. The van der Waals surface area contributed by atoms with E-state index in [1.165, 1.54) is 6.42 Å². The topological polar surface area (TPSA) is 63.2 Å². The molecule has 2 N–H and O–H groups in total. The molecule has 1 aromatic rings. The lowest BCUT2D eigenvalue weighted by Gasteiger charge is -2.15. The van der Waals surface area contributed by atoms with E-state index in [-0.39, 0.29) is 11.9 Å². The van der Waals surface area contributed by atoms with E-state index in [0.717, 1.165) is 25.8 Å². The fraction of sp³-hybridized carbons (Fsp3) is 0.571. The number of nitrogens with zero attached hydrogens (tertiary/aromatic N) is 1. The fourth-order valence-electron chi connectivity index (χ4n) is 2.17. The first kappa shape index (κ1) is 13.8. The highest BCUT2D eigenvalue weighted by Crippen LogP contribution is 2.14. The van der Waals surface area contributed by atoms with Crippen molar-refractivity contribution in [3.63, 3.8) is 0 Å². The van der Waals surface area contributed by atoms with Crippen molar-refractivity contribution in [2.24, 2.45) is 0 Å². The number of nitrogens with one attached hydrogen (secondary N) is 2. The highest BCUT2D eigenvalue weighted by Gasteiger charge is 2.19. The van der Waals surface area contributed by atoms with Gasteiger partial charge in [0.05, 0.1) is 24.5 Å². The second kappa shape index (κ2) is 7.09. The molecule has 2 heterocycles. The number of carbonyl (C=O) groups is 1. The van der Waals surface area contributed by atoms with E-state index in [4.69, 9.17) is 4.74 Å². The standard InChI is InChI=1S/C14H21N3O2/c1-2-19-13-8-7-11(10-16-13)17-14(18)12-6-4-3-5-9-15-12/h7-8,10,12,15H,2-6,9H2,1H3,(H,17,18). The molecular weight excluding hydrogens is 242 g/mol. The molecule has 0 aliphatic carbocycles. The van der Waals surface area contributed by atoms with Gasteiger partial charge in [-0.25, -0.2) is 4.98 Å². The summed E-state index contributed by atoms with van der Waals surface area (Å²) in [4.78, 5) is 16.2. The Morgan fingerprint density at radius 1 is 1.47 bits per heavy atom. The van der Waals surface area contributed by atoms with Crippen LogP contribution in [0.15, 0.2) is 18.3 Å². The average molecular weight is 263 g/mol. The lowest BCUT2D eigenvalue weighted by atomic mass is 10.1. The minimum atomic E-state index is -0.0888. The molecule has 1 aromatic heterocycles. The van der Waals surface area contributed by atoms with Crippen LogP contribution in [0.5, 0.6) is 5.88 Å². The molecule has 104 valence electrons. The number of ether oxygens (including phenoxy) is 1. The van der Waals surface area contributed by atoms with Crippen molar-refractivity contribution < 1.29 is 9.53 Å². The number of amides is 1. The van der Waals surface area contributed by atoms with Crippen LogP contribution in [-0.2, 0) is 4.79 Å². The summed E-state index contributed by atoms with van der Waals surface area (Å²) in [6, 6.07) is 3.49. The first-order valence-electron chi connectivity index (χ1n) is 6.92. The molecule has 1 aliphatic heterocycles. The van der Waals surface area contributed by atoms with Crippen molar-refractivity contribution in [2.75, 3.05) is 18.5 Å². The summed E-state index contributed by atoms with van der Waals surface area (Å²) >= 11 is 0. The zero-order valence-corrected chi connectivity index (χ0v) is 11.3. The van der Waals surface area contributed by atoms with E-state index in [1.54, 1.807) is 12.3 Å². The van der Waals surface area contributed by atoms with Crippen LogP contribution >= 0.6 is 0 Å². The highest BCUT2D eigenvalue weighted by molar-refractivity contribution is 5.94. The maximum atomic E-state index is 12.1. The third kappa shape index (κ3) is 4.21. The minimum absolute atomic E-state index is 0.0212. The Hall–Kier alpha value is -1.62. The van der Waals surface area contributed by atoms with Crippen LogP contribution < -0.4 is 15.4 Å². The molecule has 1 saturated heterocycles. The van der Waals surface area contributed by atoms with E-state index in [0.29, 0.717) is 18.2 Å². The number of hydrogen-bond acceptors (Lipinski definition) is 4. The maximum absolute atomic E-state index is 12.1. The first-order chi connectivity index (χ1) is 9.29. The molecule has 1 amide bonds. The van der Waals surface area contributed by atoms with Crippen molar-refractivity contribution in [1.82, 2.24) is 10.3 Å². The van der Waals surface area contributed by atoms with Gasteiger partial charge in [0.2, 0.25) is 11.8 Å². The second-order valence-corrected chi connectivity index (χ2v) is 4.66. The number of rotatable bonds is 4. The molecule has 2 rings (SSSR count). The molecule has 1 unspecified atom stereocenters. The van der Waals surface area contributed by atoms with Crippen LogP contribution in [0.2, 0.25) is 0 Å². The Balaban J connectivity index is 1.90. The number of hydrogen-bond donors (Lipinski definition) is 2. The van der Waals surface area contributed by atoms with Crippen molar-refractivity contribution >= 4 is 11.6 Å². The predicted molar refractivity (Wildman–Crippen MR) is 74.3 cm³/mol. The van der Waals surface area contributed by atoms with Gasteiger partial charge in [0.25, 0.3) is 0 Å². The summed E-state index contributed by atoms with van der Waals surface area (Å²) < 4.78 is 5.26. The fourth-order valence-corrected chi connectivity index (χ4v) is 2.17. The quantitative estimate of drug-likeness (QED) is 0.871. The zero-order chi connectivity index (χ0) is 13.5. The van der Waals surface area contributed by atoms with Gasteiger partial charge in [-0.3, -0.25) is 4.79 Å². The minimum Gasteiger partial charge on any atom is -0.478 e. The van der Waals surface area contributed by atoms with Gasteiger partial charge in [-0.15, -0.1) is 0 Å². The van der Waals surface area contributed by atoms with Crippen LogP contribution in [0.3, 0.4) is 0 Å². The van der Waals surface area contributed by atoms with Crippen molar-refractivity contribution in [2.45, 2.75) is 38.6 Å². The monoisotopic (exact) mass is 263 g/mol. The van der Waals surface area contributed by atoms with E-state index < -0.39 is 0 Å². The Kier molecular flexibility index (Phi) is 5.15. The first-order valence-corrected chi connectivity index (χ1v) is 6.92. The smallest absolute Gasteiger partial charge is 0.241 e. The summed E-state index contributed by atoms with van der Waals surface area (Å²) in [6.45, 7) is 3.42. The van der Waals surface area contributed by atoms with Crippen LogP contribution in [0.4, 0.5) is 5.69 Å². The molecule has 1 fully saturated rings. The van der Waals surface area contributed by atoms with Gasteiger partial charge in [-0.2, -0.15) is 0 Å². The van der Waals surface area contributed by atoms with Gasteiger partial charge < -0.3 is 15.4 Å². The molecular formula is C14H21N3O2. The largest absolute Gasteiger partial charge is 0.478 e. The van der Waals surface area contributed by atoms with Crippen molar-refractivity contribution in [3.8, 4) is 5.88 Å². The summed E-state index contributed by atoms with van der Waals surface area (Å²) in [7, 11) is 0. The molecule has 5 nitrogen and oxygen atoms in total. The summed E-state index contributed by atoms with van der Waals surface area (Å²) in [5.74, 6) is 0.598. The maximum Gasteiger partial charge on any atom is 0.241 e. The van der Waals surface area contributed by atoms with E-state index in [2.05, 4.69) is 15.6 Å². The van der Waals surface area contributed by atoms with Gasteiger partial charge in [0.15, 0.2) is 0 Å². The molecule has 0 spiro atoms. The number of carbonyl (C=O) groups excluding carboxylic acids is 1. The Morgan fingerprint density at radius 3 is 3.11 bits per heavy atom. The third-order valence-corrected chi connectivity index (χ3v) is 3.17. The van der Waals surface area contributed by atoms with Gasteiger partial charge in [-0.05, 0) is 32.4 Å². The van der Waals surface area contributed by atoms with Gasteiger partial charge in [0, 0.05) is 6.07 Å². The lowest BCUT2D eigenvalue weighted by Crippen LogP contribution is -2.39. The SMILES string of the molecule is CCOc1ccc(NC(=O)C2CCCCCN2)cn1. The summed E-state index contributed by atoms with van der Waals surface area (Å²) in [5.41, 5.74) is 0.708. The normalized spacial score (nSPS) is 19.5. The van der Waals surface area contributed by atoms with E-state index >= 15 is 0 Å². The van der Waals surface area contributed by atoms with Gasteiger partial charge in [0.1, 0.15) is 0 Å². The molecule has 0 bridgehead atoms. The molecule has 0 radical (unpaired) electrons. The molecule has 1 aliphatic rings. The highest BCUT2D eigenvalue weighted by atomic mass is 16.5. The van der Waals surface area contributed by atoms with E-state index in [9.17, 15) is 4.79 Å². The Bertz CT molecular complexity index is 398. The van der Waals surface area contributed by atoms with Crippen LogP contribution in [0.25, 0.3) is 0 Å². The van der Waals surface area contributed by atoms with Crippen LogP contribution in [0.1, 0.15) is 32.6 Å². The Labute approximate surface area is 113 Å². The predicted octanol–water partition coefficient (Wildman–Crippen LogP) is 1.95. The number of pyridine rings is 1. The summed E-state index contributed by atoms with van der Waals surface area (Å²) in [5, 5.41) is 6.17. The van der Waals surface area contributed by atoms with Crippen molar-refractivity contribution in [1.29, 1.82) is 0 Å². The molecule has 0 aromatic carbocycles. The van der Waals surface area contributed by atoms with E-state index in [1.807, 2.05) is 13.0 Å². The van der Waals surface area contributed by atoms with Crippen molar-refractivity contribution in [3.05, 3.63) is 18.3 Å². The van der Waals surface area contributed by atoms with Gasteiger partial charge >= 0.3 is 0 Å². The molecule has 5 heteroatoms. The molecule has 0 saturated carbocycles. The average Bonchev–Trinajstić information content (AvgIpc) is 2.70. The van der Waals surface area contributed by atoms with Crippen LogP contribution in [0, 0.1) is 0 Å². The lowest BCUT2D eigenvalue weighted by molar-refractivity contribution is -0.118. The molecule has 1 atom stereocenters. The van der Waals surface area contributed by atoms with Gasteiger partial charge in [-0.1, -0.05) is 12.8 Å². The molecule has 19 heavy (non-hydrogen) atoms. The summed E-state index contributed by atoms with van der Waals surface area (Å²) in [6.07, 6.45) is 5.97.